The summed E-state index contributed by atoms with van der Waals surface area (Å²) in [5, 5.41) is 9.18. The molecular weight excluding hydrogens is 212 g/mol. The molecule has 2 nitrogen and oxygen atoms in total. The highest BCUT2D eigenvalue weighted by Gasteiger charge is 2.29. The fourth-order valence-corrected chi connectivity index (χ4v) is 2.65. The lowest BCUT2D eigenvalue weighted by atomic mass is 9.87. The van der Waals surface area contributed by atoms with E-state index in [1.165, 1.54) is 38.5 Å². The molecule has 0 bridgehead atoms. The fourth-order valence-electron chi connectivity index (χ4n) is 2.65. The van der Waals surface area contributed by atoms with Crippen molar-refractivity contribution in [3.8, 4) is 0 Å². The molecule has 0 fully saturated rings. The van der Waals surface area contributed by atoms with Crippen molar-refractivity contribution >= 4 is 0 Å². The van der Waals surface area contributed by atoms with E-state index in [1.54, 1.807) is 0 Å². The van der Waals surface area contributed by atoms with Gasteiger partial charge in [0, 0.05) is 0 Å². The van der Waals surface area contributed by atoms with Crippen LogP contribution >= 0.6 is 0 Å². The Labute approximate surface area is 108 Å². The van der Waals surface area contributed by atoms with Crippen LogP contribution in [-0.4, -0.2) is 10.9 Å². The van der Waals surface area contributed by atoms with E-state index in [0.717, 1.165) is 32.1 Å². The third-order valence-corrected chi connectivity index (χ3v) is 3.59. The van der Waals surface area contributed by atoms with Gasteiger partial charge in [-0.3, -0.25) is 5.26 Å². The molecule has 0 spiro atoms. The minimum absolute atomic E-state index is 0.256. The highest BCUT2D eigenvalue weighted by Crippen LogP contribution is 2.29. The number of hydrogen-bond acceptors (Lipinski definition) is 2. The maximum absolute atomic E-state index is 9.18. The first kappa shape index (κ1) is 16.9. The molecule has 0 atom stereocenters. The van der Waals surface area contributed by atoms with E-state index < -0.39 is 0 Å². The second-order valence-electron chi connectivity index (χ2n) is 5.29. The third-order valence-electron chi connectivity index (χ3n) is 3.59. The molecule has 0 aliphatic rings. The molecule has 104 valence electrons. The van der Waals surface area contributed by atoms with Gasteiger partial charge in [-0.05, 0) is 19.3 Å². The summed E-state index contributed by atoms with van der Waals surface area (Å²) in [5.74, 6) is 0. The maximum Gasteiger partial charge on any atom is 0.103 e. The molecule has 0 saturated carbocycles. The normalized spacial score (nSPS) is 12.0. The summed E-state index contributed by atoms with van der Waals surface area (Å²) in [4.78, 5) is 4.85. The summed E-state index contributed by atoms with van der Waals surface area (Å²) >= 11 is 0. The van der Waals surface area contributed by atoms with Gasteiger partial charge in [0.15, 0.2) is 0 Å². The molecule has 0 radical (unpaired) electrons. The second kappa shape index (κ2) is 11.0. The van der Waals surface area contributed by atoms with Crippen molar-refractivity contribution in [3.63, 3.8) is 0 Å². The Bertz CT molecular complexity index is 151. The summed E-state index contributed by atoms with van der Waals surface area (Å²) in [6.45, 7) is 6.56. The van der Waals surface area contributed by atoms with Crippen LogP contribution in [0, 0.1) is 0 Å². The monoisotopic (exact) mass is 244 g/mol. The summed E-state index contributed by atoms with van der Waals surface area (Å²) in [6.07, 6.45) is 12.9. The van der Waals surface area contributed by atoms with Gasteiger partial charge >= 0.3 is 0 Å². The molecule has 0 saturated heterocycles. The summed E-state index contributed by atoms with van der Waals surface area (Å²) in [5.41, 5.74) is -0.256. The average Bonchev–Trinajstić information content (AvgIpc) is 2.34. The van der Waals surface area contributed by atoms with Gasteiger partial charge in [-0.15, -0.1) is 0 Å². The molecule has 17 heavy (non-hydrogen) atoms. The zero-order valence-corrected chi connectivity index (χ0v) is 12.1. The van der Waals surface area contributed by atoms with E-state index in [-0.39, 0.29) is 5.60 Å². The van der Waals surface area contributed by atoms with Gasteiger partial charge in [0.05, 0.1) is 0 Å². The SMILES string of the molecule is CCCCCCCCC(CCC)(CCC)OO. The predicted molar refractivity (Wildman–Crippen MR) is 74.3 cm³/mol. The summed E-state index contributed by atoms with van der Waals surface area (Å²) in [7, 11) is 0. The Morgan fingerprint density at radius 2 is 1.24 bits per heavy atom. The quantitative estimate of drug-likeness (QED) is 0.276. The molecule has 1 N–H and O–H groups in total. The van der Waals surface area contributed by atoms with Crippen molar-refractivity contribution in [2.45, 2.75) is 97.0 Å². The Morgan fingerprint density at radius 3 is 1.71 bits per heavy atom. The second-order valence-corrected chi connectivity index (χ2v) is 5.29. The number of hydrogen-bond donors (Lipinski definition) is 1. The molecule has 0 aliphatic heterocycles. The van der Waals surface area contributed by atoms with Crippen LogP contribution < -0.4 is 0 Å². The standard InChI is InChI=1S/C15H32O2/c1-4-7-8-9-10-11-14-15(17-16,12-5-2)13-6-3/h16H,4-14H2,1-3H3. The van der Waals surface area contributed by atoms with E-state index in [9.17, 15) is 5.26 Å². The molecule has 0 amide bonds. The smallest absolute Gasteiger partial charge is 0.103 e. The lowest BCUT2D eigenvalue weighted by Crippen LogP contribution is -2.31. The van der Waals surface area contributed by atoms with E-state index in [2.05, 4.69) is 20.8 Å². The summed E-state index contributed by atoms with van der Waals surface area (Å²) in [6, 6.07) is 0. The van der Waals surface area contributed by atoms with Gasteiger partial charge in [0.2, 0.25) is 0 Å². The van der Waals surface area contributed by atoms with Crippen LogP contribution in [0.1, 0.15) is 91.4 Å². The van der Waals surface area contributed by atoms with Crippen molar-refractivity contribution in [2.75, 3.05) is 0 Å². The minimum atomic E-state index is -0.256. The zero-order valence-electron chi connectivity index (χ0n) is 12.1. The Kier molecular flexibility index (Phi) is 11.0. The largest absolute Gasteiger partial charge is 0.251 e. The topological polar surface area (TPSA) is 29.5 Å². The molecule has 2 heteroatoms. The molecule has 0 aromatic carbocycles. The Balaban J connectivity index is 3.82. The fraction of sp³-hybridized carbons (Fsp3) is 1.00. The van der Waals surface area contributed by atoms with Crippen molar-refractivity contribution in [3.05, 3.63) is 0 Å². The van der Waals surface area contributed by atoms with Crippen LogP contribution in [0.5, 0.6) is 0 Å². The lowest BCUT2D eigenvalue weighted by molar-refractivity contribution is -0.329. The maximum atomic E-state index is 9.18. The van der Waals surface area contributed by atoms with Crippen LogP contribution in [0.25, 0.3) is 0 Å². The van der Waals surface area contributed by atoms with E-state index in [4.69, 9.17) is 4.89 Å². The Hall–Kier alpha value is -0.0800. The molecule has 0 heterocycles. The molecule has 0 aromatic heterocycles. The highest BCUT2D eigenvalue weighted by atomic mass is 17.1. The van der Waals surface area contributed by atoms with Crippen molar-refractivity contribution in [1.29, 1.82) is 0 Å². The number of unbranched alkanes of at least 4 members (excludes halogenated alkanes) is 5. The third kappa shape index (κ3) is 7.77. The van der Waals surface area contributed by atoms with Crippen molar-refractivity contribution in [1.82, 2.24) is 0 Å². The van der Waals surface area contributed by atoms with Gasteiger partial charge < -0.3 is 0 Å². The van der Waals surface area contributed by atoms with E-state index in [1.807, 2.05) is 0 Å². The minimum Gasteiger partial charge on any atom is -0.251 e. The van der Waals surface area contributed by atoms with Crippen LogP contribution in [0.2, 0.25) is 0 Å². The van der Waals surface area contributed by atoms with Gasteiger partial charge in [0.25, 0.3) is 0 Å². The van der Waals surface area contributed by atoms with Crippen molar-refractivity contribution < 1.29 is 10.1 Å². The Morgan fingerprint density at radius 1 is 0.706 bits per heavy atom. The van der Waals surface area contributed by atoms with Crippen LogP contribution in [-0.2, 0) is 4.89 Å². The van der Waals surface area contributed by atoms with Gasteiger partial charge in [-0.1, -0.05) is 72.1 Å². The van der Waals surface area contributed by atoms with Gasteiger partial charge in [-0.2, -0.15) is 0 Å². The molecule has 0 rings (SSSR count). The highest BCUT2D eigenvalue weighted by molar-refractivity contribution is 4.78. The lowest BCUT2D eigenvalue weighted by Gasteiger charge is -2.30. The van der Waals surface area contributed by atoms with E-state index >= 15 is 0 Å². The van der Waals surface area contributed by atoms with Crippen LogP contribution in [0.15, 0.2) is 0 Å². The van der Waals surface area contributed by atoms with E-state index in [0.29, 0.717) is 0 Å². The number of rotatable bonds is 12. The first-order chi connectivity index (χ1) is 8.24. The first-order valence-electron chi connectivity index (χ1n) is 7.57. The first-order valence-corrected chi connectivity index (χ1v) is 7.57. The van der Waals surface area contributed by atoms with Gasteiger partial charge in [0.1, 0.15) is 5.60 Å². The zero-order chi connectivity index (χ0) is 13.0. The molecule has 0 unspecified atom stereocenters. The van der Waals surface area contributed by atoms with Crippen LogP contribution in [0.3, 0.4) is 0 Å². The molecule has 0 aliphatic carbocycles. The summed E-state index contributed by atoms with van der Waals surface area (Å²) < 4.78 is 0. The molecular formula is C15H32O2. The predicted octanol–water partition coefficient (Wildman–Crippen LogP) is 5.57. The van der Waals surface area contributed by atoms with Crippen LogP contribution in [0.4, 0.5) is 0 Å². The molecule has 0 aromatic rings. The van der Waals surface area contributed by atoms with Crippen molar-refractivity contribution in [2.24, 2.45) is 0 Å². The van der Waals surface area contributed by atoms with Gasteiger partial charge in [-0.25, -0.2) is 4.89 Å². The average molecular weight is 244 g/mol.